The molecule has 0 bridgehead atoms. The molecule has 4 rings (SSSR count). The van der Waals surface area contributed by atoms with Gasteiger partial charge < -0.3 is 28.3 Å². The normalized spacial score (nSPS) is 20.4. The van der Waals surface area contributed by atoms with Gasteiger partial charge in [-0.15, -0.1) is 0 Å². The molecule has 0 aliphatic carbocycles. The van der Waals surface area contributed by atoms with Gasteiger partial charge in [0, 0.05) is 18.8 Å². The van der Waals surface area contributed by atoms with Crippen molar-refractivity contribution in [3.63, 3.8) is 0 Å². The molecule has 2 heterocycles. The van der Waals surface area contributed by atoms with Gasteiger partial charge in [0.25, 0.3) is 0 Å². The fraction of sp³-hybridized carbons (Fsp3) is 0.400. The first-order valence-electron chi connectivity index (χ1n) is 10.8. The van der Waals surface area contributed by atoms with Crippen LogP contribution in [0.5, 0.6) is 11.5 Å². The number of aromatic nitrogens is 2. The maximum absolute atomic E-state index is 6.42. The van der Waals surface area contributed by atoms with E-state index >= 15 is 0 Å². The Morgan fingerprint density at radius 2 is 1.69 bits per heavy atom. The first-order valence-corrected chi connectivity index (χ1v) is 10.8. The van der Waals surface area contributed by atoms with E-state index in [1.165, 1.54) is 5.56 Å². The van der Waals surface area contributed by atoms with Crippen molar-refractivity contribution in [3.05, 3.63) is 78.4 Å². The molecule has 1 aliphatic heterocycles. The van der Waals surface area contributed by atoms with Gasteiger partial charge in [0.05, 0.1) is 46.9 Å². The third-order valence-electron chi connectivity index (χ3n) is 5.58. The molecule has 1 fully saturated rings. The minimum atomic E-state index is -0.714. The predicted octanol–water partition coefficient (Wildman–Crippen LogP) is 3.86. The van der Waals surface area contributed by atoms with Crippen LogP contribution in [0, 0.1) is 0 Å². The molecule has 3 aromatic rings. The van der Waals surface area contributed by atoms with Crippen LogP contribution in [0.4, 0.5) is 0 Å². The van der Waals surface area contributed by atoms with Crippen LogP contribution in [0.2, 0.25) is 0 Å². The molecule has 170 valence electrons. The number of aryl methyl sites for hydroxylation is 1. The molecule has 7 heteroatoms. The smallest absolute Gasteiger partial charge is 0.187 e. The van der Waals surface area contributed by atoms with Crippen LogP contribution in [0.25, 0.3) is 0 Å². The van der Waals surface area contributed by atoms with Gasteiger partial charge in [-0.1, -0.05) is 24.3 Å². The number of benzene rings is 2. The van der Waals surface area contributed by atoms with Crippen molar-refractivity contribution in [2.75, 3.05) is 27.4 Å². The number of methoxy groups -OCH3 is 2. The number of hydrogen-bond acceptors (Lipinski definition) is 6. The molecule has 0 radical (unpaired) electrons. The Bertz CT molecular complexity index is 943. The molecule has 0 amide bonds. The summed E-state index contributed by atoms with van der Waals surface area (Å²) in [6.45, 7) is 2.07. The Morgan fingerprint density at radius 3 is 2.31 bits per heavy atom. The third-order valence-corrected chi connectivity index (χ3v) is 5.58. The molecule has 32 heavy (non-hydrogen) atoms. The molecule has 0 N–H and O–H groups in total. The average molecular weight is 439 g/mol. The standard InChI is InChI=1S/C25H30N2O5/c1-28-22-7-3-20(4-8-22)11-12-25(18-27-14-13-26-19-27)31-17-24(32-25)16-30-15-21-5-9-23(29-2)10-6-21/h3-10,13-14,19,24H,11-12,15-18H2,1-2H3. The molecule has 2 atom stereocenters. The molecule has 2 unspecified atom stereocenters. The predicted molar refractivity (Wildman–Crippen MR) is 120 cm³/mol. The van der Waals surface area contributed by atoms with Crippen molar-refractivity contribution in [1.82, 2.24) is 9.55 Å². The second-order valence-electron chi connectivity index (χ2n) is 7.91. The summed E-state index contributed by atoms with van der Waals surface area (Å²) in [5.41, 5.74) is 2.30. The number of imidazole rings is 1. The van der Waals surface area contributed by atoms with Crippen LogP contribution in [-0.2, 0) is 33.8 Å². The van der Waals surface area contributed by atoms with Crippen LogP contribution >= 0.6 is 0 Å². The summed E-state index contributed by atoms with van der Waals surface area (Å²) in [5, 5.41) is 0. The lowest BCUT2D eigenvalue weighted by Crippen LogP contribution is -2.37. The Hall–Kier alpha value is -2.87. The minimum absolute atomic E-state index is 0.118. The molecule has 0 spiro atoms. The summed E-state index contributed by atoms with van der Waals surface area (Å²) in [7, 11) is 3.33. The van der Waals surface area contributed by atoms with Gasteiger partial charge in [-0.05, 0) is 41.8 Å². The summed E-state index contributed by atoms with van der Waals surface area (Å²) >= 11 is 0. The van der Waals surface area contributed by atoms with Crippen molar-refractivity contribution < 1.29 is 23.7 Å². The zero-order valence-electron chi connectivity index (χ0n) is 18.6. The van der Waals surface area contributed by atoms with E-state index in [4.69, 9.17) is 23.7 Å². The van der Waals surface area contributed by atoms with Crippen molar-refractivity contribution in [1.29, 1.82) is 0 Å². The van der Waals surface area contributed by atoms with Crippen molar-refractivity contribution in [3.8, 4) is 11.5 Å². The van der Waals surface area contributed by atoms with Crippen LogP contribution in [0.3, 0.4) is 0 Å². The number of hydrogen-bond donors (Lipinski definition) is 0. The average Bonchev–Trinajstić information content (AvgIpc) is 3.49. The van der Waals surface area contributed by atoms with E-state index in [2.05, 4.69) is 17.1 Å². The van der Waals surface area contributed by atoms with E-state index in [9.17, 15) is 0 Å². The summed E-state index contributed by atoms with van der Waals surface area (Å²) in [5.74, 6) is 0.973. The summed E-state index contributed by atoms with van der Waals surface area (Å²) < 4.78 is 31.0. The zero-order chi connectivity index (χ0) is 22.2. The van der Waals surface area contributed by atoms with Gasteiger partial charge in [0.15, 0.2) is 5.79 Å². The molecular weight excluding hydrogens is 408 g/mol. The zero-order valence-corrected chi connectivity index (χ0v) is 18.6. The van der Waals surface area contributed by atoms with Gasteiger partial charge in [-0.2, -0.15) is 0 Å². The monoisotopic (exact) mass is 438 g/mol. The molecule has 7 nitrogen and oxygen atoms in total. The van der Waals surface area contributed by atoms with Gasteiger partial charge in [-0.3, -0.25) is 0 Å². The summed E-state index contributed by atoms with van der Waals surface area (Å²) in [6, 6.07) is 16.0. The number of nitrogens with zero attached hydrogens (tertiary/aromatic N) is 2. The van der Waals surface area contributed by atoms with Crippen LogP contribution in [0.1, 0.15) is 17.5 Å². The van der Waals surface area contributed by atoms with Crippen LogP contribution < -0.4 is 9.47 Å². The van der Waals surface area contributed by atoms with E-state index in [1.807, 2.05) is 47.2 Å². The maximum atomic E-state index is 6.42. The van der Waals surface area contributed by atoms with E-state index in [0.717, 1.165) is 29.9 Å². The fourth-order valence-corrected chi connectivity index (χ4v) is 3.81. The Labute approximate surface area is 188 Å². The second kappa shape index (κ2) is 10.6. The van der Waals surface area contributed by atoms with E-state index in [-0.39, 0.29) is 6.10 Å². The lowest BCUT2D eigenvalue weighted by Gasteiger charge is -2.28. The molecule has 2 aromatic carbocycles. The highest BCUT2D eigenvalue weighted by Crippen LogP contribution is 2.31. The Balaban J connectivity index is 1.33. The van der Waals surface area contributed by atoms with Crippen molar-refractivity contribution >= 4 is 0 Å². The highest BCUT2D eigenvalue weighted by molar-refractivity contribution is 5.27. The number of ether oxygens (including phenoxy) is 5. The molecule has 1 saturated heterocycles. The molecule has 1 aliphatic rings. The second-order valence-corrected chi connectivity index (χ2v) is 7.91. The van der Waals surface area contributed by atoms with Crippen molar-refractivity contribution in [2.24, 2.45) is 0 Å². The first kappa shape index (κ1) is 22.3. The maximum Gasteiger partial charge on any atom is 0.187 e. The van der Waals surface area contributed by atoms with Gasteiger partial charge in [0.1, 0.15) is 17.6 Å². The largest absolute Gasteiger partial charge is 0.497 e. The fourth-order valence-electron chi connectivity index (χ4n) is 3.81. The Kier molecular flexibility index (Phi) is 7.42. The van der Waals surface area contributed by atoms with Crippen LogP contribution in [-0.4, -0.2) is 48.9 Å². The highest BCUT2D eigenvalue weighted by atomic mass is 16.8. The van der Waals surface area contributed by atoms with Gasteiger partial charge in [0.2, 0.25) is 0 Å². The highest BCUT2D eigenvalue weighted by Gasteiger charge is 2.41. The first-order chi connectivity index (χ1) is 15.7. The minimum Gasteiger partial charge on any atom is -0.497 e. The molecule has 1 aromatic heterocycles. The van der Waals surface area contributed by atoms with E-state index < -0.39 is 5.79 Å². The van der Waals surface area contributed by atoms with Gasteiger partial charge in [-0.25, -0.2) is 4.98 Å². The van der Waals surface area contributed by atoms with E-state index in [1.54, 1.807) is 26.7 Å². The van der Waals surface area contributed by atoms with E-state index in [0.29, 0.717) is 26.4 Å². The summed E-state index contributed by atoms with van der Waals surface area (Å²) in [6.07, 6.45) is 6.92. The topological polar surface area (TPSA) is 64.0 Å². The SMILES string of the molecule is COc1ccc(CCC2(Cn3ccnc3)OCC(COCc3ccc(OC)cc3)O2)cc1. The lowest BCUT2D eigenvalue weighted by molar-refractivity contribution is -0.187. The lowest BCUT2D eigenvalue weighted by atomic mass is 10.0. The molecular formula is C25H30N2O5. The Morgan fingerprint density at radius 1 is 1.00 bits per heavy atom. The van der Waals surface area contributed by atoms with Crippen LogP contribution in [0.15, 0.2) is 67.3 Å². The number of rotatable bonds is 11. The summed E-state index contributed by atoms with van der Waals surface area (Å²) in [4.78, 5) is 4.15. The van der Waals surface area contributed by atoms with Crippen molar-refractivity contribution in [2.45, 2.75) is 37.9 Å². The third kappa shape index (κ3) is 5.88. The molecule has 0 saturated carbocycles. The quantitative estimate of drug-likeness (QED) is 0.453. The van der Waals surface area contributed by atoms with Gasteiger partial charge >= 0.3 is 0 Å².